The Kier molecular flexibility index (Phi) is 13.0. The summed E-state index contributed by atoms with van der Waals surface area (Å²) in [4.78, 5) is 2.58. The van der Waals surface area contributed by atoms with E-state index in [-0.39, 0.29) is 11.6 Å². The van der Waals surface area contributed by atoms with E-state index in [1.807, 2.05) is 27.7 Å². The molecule has 1 unspecified atom stereocenters. The molecule has 0 aromatic heterocycles. The molecule has 2 aliphatic rings. The number of anilines is 1. The van der Waals surface area contributed by atoms with E-state index in [9.17, 15) is 0 Å². The summed E-state index contributed by atoms with van der Waals surface area (Å²) in [6, 6.07) is 23.0. The van der Waals surface area contributed by atoms with E-state index in [2.05, 4.69) is 140 Å². The van der Waals surface area contributed by atoms with Crippen LogP contribution in [-0.2, 0) is 6.42 Å². The van der Waals surface area contributed by atoms with Gasteiger partial charge in [0.05, 0.1) is 11.4 Å². The summed E-state index contributed by atoms with van der Waals surface area (Å²) in [6.07, 6.45) is 2.43. The van der Waals surface area contributed by atoms with E-state index in [1.54, 1.807) is 0 Å². The second kappa shape index (κ2) is 15.5. The van der Waals surface area contributed by atoms with Crippen LogP contribution in [0.1, 0.15) is 149 Å². The SMILES string of the molecule is CC.CC.CC1=C(c2c(C(C)C)cccc2C(C)C)N2c3ccc(CC(C)(C)C)cc3-c3ccccc3C2N1.CCC. The maximum Gasteiger partial charge on any atom is 0.131 e. The van der Waals surface area contributed by atoms with Crippen LogP contribution in [0.3, 0.4) is 0 Å². The Labute approximate surface area is 259 Å². The lowest BCUT2D eigenvalue weighted by Gasteiger charge is -2.38. The van der Waals surface area contributed by atoms with Crippen LogP contribution in [0, 0.1) is 5.41 Å². The average molecular weight is 569 g/mol. The first-order valence-corrected chi connectivity index (χ1v) is 16.6. The van der Waals surface area contributed by atoms with Gasteiger partial charge in [0.1, 0.15) is 6.17 Å². The molecule has 0 aliphatic carbocycles. The Morgan fingerprint density at radius 1 is 0.762 bits per heavy atom. The van der Waals surface area contributed by atoms with Gasteiger partial charge in [-0.05, 0) is 65.0 Å². The Balaban J connectivity index is 0.000000813. The largest absolute Gasteiger partial charge is 0.363 e. The van der Waals surface area contributed by atoms with Gasteiger partial charge in [0.15, 0.2) is 0 Å². The highest BCUT2D eigenvalue weighted by molar-refractivity contribution is 5.96. The number of hydrogen-bond donors (Lipinski definition) is 1. The highest BCUT2D eigenvalue weighted by Gasteiger charge is 2.40. The fourth-order valence-corrected chi connectivity index (χ4v) is 5.97. The predicted octanol–water partition coefficient (Wildman–Crippen LogP) is 12.5. The standard InChI is InChI=1S/C33H40N2.C3H8.2C2H6/c1-20(2)24-14-11-15-25(21(3)4)30(24)31-22(5)34-32-27-13-10-9-12-26(27)28-18-23(19-33(6,7)8)16-17-29(28)35(31)32;1-3-2;2*1-2/h9-18,20-21,32,34H,19H2,1-8H3;3H2,1-2H3;2*1-2H3. The zero-order valence-electron chi connectivity index (χ0n) is 29.4. The first kappa shape index (κ1) is 35.2. The predicted molar refractivity (Wildman–Crippen MR) is 189 cm³/mol. The Bertz CT molecular complexity index is 1290. The van der Waals surface area contributed by atoms with Crippen LogP contribution in [0.15, 0.2) is 66.4 Å². The second-order valence-electron chi connectivity index (χ2n) is 12.9. The number of benzene rings is 3. The molecule has 2 nitrogen and oxygen atoms in total. The monoisotopic (exact) mass is 568 g/mol. The van der Waals surface area contributed by atoms with Crippen LogP contribution in [0.25, 0.3) is 16.8 Å². The fourth-order valence-electron chi connectivity index (χ4n) is 5.97. The topological polar surface area (TPSA) is 15.3 Å². The van der Waals surface area contributed by atoms with Gasteiger partial charge in [-0.15, -0.1) is 0 Å². The van der Waals surface area contributed by atoms with Gasteiger partial charge in [-0.3, -0.25) is 0 Å². The summed E-state index contributed by atoms with van der Waals surface area (Å²) in [5.41, 5.74) is 13.9. The van der Waals surface area contributed by atoms with Crippen molar-refractivity contribution in [2.24, 2.45) is 5.41 Å². The molecule has 2 aliphatic heterocycles. The van der Waals surface area contributed by atoms with Gasteiger partial charge in [-0.1, -0.05) is 145 Å². The number of rotatable bonds is 4. The van der Waals surface area contributed by atoms with Crippen molar-refractivity contribution in [3.63, 3.8) is 0 Å². The van der Waals surface area contributed by atoms with Crippen LogP contribution in [0.5, 0.6) is 0 Å². The maximum absolute atomic E-state index is 3.89. The average Bonchev–Trinajstić information content (AvgIpc) is 3.31. The number of nitrogens with zero attached hydrogens (tertiary/aromatic N) is 1. The minimum absolute atomic E-state index is 0.113. The lowest BCUT2D eigenvalue weighted by Crippen LogP contribution is -2.33. The highest BCUT2D eigenvalue weighted by Crippen LogP contribution is 2.52. The van der Waals surface area contributed by atoms with Crippen LogP contribution < -0.4 is 10.2 Å². The van der Waals surface area contributed by atoms with Gasteiger partial charge in [0.25, 0.3) is 0 Å². The van der Waals surface area contributed by atoms with Crippen LogP contribution in [0.4, 0.5) is 5.69 Å². The van der Waals surface area contributed by atoms with Crippen LogP contribution >= 0.6 is 0 Å². The molecular weight excluding hydrogens is 508 g/mol. The summed E-state index contributed by atoms with van der Waals surface area (Å²) in [7, 11) is 0. The lowest BCUT2D eigenvalue weighted by molar-refractivity contribution is 0.411. The second-order valence-corrected chi connectivity index (χ2v) is 12.9. The maximum atomic E-state index is 3.89. The van der Waals surface area contributed by atoms with Crippen molar-refractivity contribution in [2.75, 3.05) is 4.90 Å². The molecule has 42 heavy (non-hydrogen) atoms. The molecule has 0 spiro atoms. The van der Waals surface area contributed by atoms with E-state index in [0.29, 0.717) is 11.8 Å². The van der Waals surface area contributed by atoms with Crippen molar-refractivity contribution >= 4 is 11.4 Å². The molecule has 0 saturated carbocycles. The summed E-state index contributed by atoms with van der Waals surface area (Å²) in [5, 5.41) is 3.89. The first-order chi connectivity index (χ1) is 20.0. The van der Waals surface area contributed by atoms with Crippen molar-refractivity contribution < 1.29 is 0 Å². The molecule has 3 aromatic carbocycles. The van der Waals surface area contributed by atoms with E-state index >= 15 is 0 Å². The third kappa shape index (κ3) is 7.49. The molecular formula is C40H60N2. The number of allylic oxidation sites excluding steroid dienone is 1. The zero-order valence-corrected chi connectivity index (χ0v) is 29.4. The number of fused-ring (bicyclic) bond motifs is 6. The molecule has 5 rings (SSSR count). The minimum Gasteiger partial charge on any atom is -0.363 e. The summed E-state index contributed by atoms with van der Waals surface area (Å²) in [5.74, 6) is 0.905. The Morgan fingerprint density at radius 3 is 1.83 bits per heavy atom. The Morgan fingerprint density at radius 2 is 1.31 bits per heavy atom. The molecule has 1 atom stereocenters. The summed E-state index contributed by atoms with van der Waals surface area (Å²) >= 11 is 0. The van der Waals surface area contributed by atoms with Crippen molar-refractivity contribution in [2.45, 2.75) is 128 Å². The van der Waals surface area contributed by atoms with Crippen molar-refractivity contribution in [1.82, 2.24) is 5.32 Å². The van der Waals surface area contributed by atoms with Gasteiger partial charge in [-0.2, -0.15) is 0 Å². The molecule has 2 heterocycles. The first-order valence-electron chi connectivity index (χ1n) is 16.6. The van der Waals surface area contributed by atoms with Gasteiger partial charge in [0, 0.05) is 22.4 Å². The highest BCUT2D eigenvalue weighted by atomic mass is 15.3. The van der Waals surface area contributed by atoms with Gasteiger partial charge < -0.3 is 10.2 Å². The normalized spacial score (nSPS) is 14.9. The van der Waals surface area contributed by atoms with Crippen molar-refractivity contribution in [3.05, 3.63) is 94.2 Å². The molecule has 0 fully saturated rings. The van der Waals surface area contributed by atoms with E-state index < -0.39 is 0 Å². The minimum atomic E-state index is 0.113. The lowest BCUT2D eigenvalue weighted by atomic mass is 9.83. The quantitative estimate of drug-likeness (QED) is 0.337. The molecule has 0 bridgehead atoms. The van der Waals surface area contributed by atoms with E-state index in [4.69, 9.17) is 0 Å². The van der Waals surface area contributed by atoms with Gasteiger partial charge in [-0.25, -0.2) is 0 Å². The molecule has 0 radical (unpaired) electrons. The molecule has 230 valence electrons. The van der Waals surface area contributed by atoms with Crippen molar-refractivity contribution in [3.8, 4) is 11.1 Å². The molecule has 2 heteroatoms. The number of nitrogens with one attached hydrogen (secondary N) is 1. The molecule has 0 amide bonds. The summed E-state index contributed by atoms with van der Waals surface area (Å²) in [6.45, 7) is 30.7. The third-order valence-electron chi connectivity index (χ3n) is 7.42. The summed E-state index contributed by atoms with van der Waals surface area (Å²) < 4.78 is 0. The number of hydrogen-bond acceptors (Lipinski definition) is 2. The molecule has 1 N–H and O–H groups in total. The van der Waals surface area contributed by atoms with Crippen LogP contribution in [-0.4, -0.2) is 0 Å². The van der Waals surface area contributed by atoms with E-state index in [1.165, 1.54) is 62.4 Å². The van der Waals surface area contributed by atoms with Crippen molar-refractivity contribution in [1.29, 1.82) is 0 Å². The fraction of sp³-hybridized carbons (Fsp3) is 0.500. The molecule has 0 saturated heterocycles. The van der Waals surface area contributed by atoms with E-state index in [0.717, 1.165) is 6.42 Å². The Hall–Kier alpha value is -3.00. The zero-order chi connectivity index (χ0) is 31.8. The smallest absolute Gasteiger partial charge is 0.131 e. The molecule has 3 aromatic rings. The van der Waals surface area contributed by atoms with Crippen LogP contribution in [0.2, 0.25) is 0 Å². The third-order valence-corrected chi connectivity index (χ3v) is 7.42. The van der Waals surface area contributed by atoms with Gasteiger partial charge in [0.2, 0.25) is 0 Å². The van der Waals surface area contributed by atoms with Gasteiger partial charge >= 0.3 is 0 Å².